The largest absolute Gasteiger partial charge is 0.491 e. The van der Waals surface area contributed by atoms with E-state index in [0.717, 1.165) is 5.75 Å². The predicted octanol–water partition coefficient (Wildman–Crippen LogP) is 1.51. The topological polar surface area (TPSA) is 55.5 Å². The molecule has 84 valence electrons. The standard InChI is InChI=1S/C12H19NO2/c1-9(2)10-3-5-12(6-4-10)15-8-11(14)7-13/h3-6,9,11,14H,7-8,13H2,1-2H3/t11-/m0/s1. The van der Waals surface area contributed by atoms with E-state index in [9.17, 15) is 5.11 Å². The average Bonchev–Trinajstić information content (AvgIpc) is 2.26. The SMILES string of the molecule is CC(C)c1ccc(OC[C@@H](O)CN)cc1. The second-order valence-corrected chi connectivity index (χ2v) is 3.92. The zero-order valence-electron chi connectivity index (χ0n) is 9.31. The summed E-state index contributed by atoms with van der Waals surface area (Å²) < 4.78 is 5.36. The minimum absolute atomic E-state index is 0.226. The van der Waals surface area contributed by atoms with E-state index in [0.29, 0.717) is 5.92 Å². The number of aliphatic hydroxyl groups excluding tert-OH is 1. The van der Waals surface area contributed by atoms with Crippen LogP contribution in [-0.4, -0.2) is 24.4 Å². The number of rotatable bonds is 5. The summed E-state index contributed by atoms with van der Waals surface area (Å²) in [6.07, 6.45) is -0.588. The van der Waals surface area contributed by atoms with Gasteiger partial charge in [-0.1, -0.05) is 26.0 Å². The highest BCUT2D eigenvalue weighted by atomic mass is 16.5. The Balaban J connectivity index is 2.50. The molecule has 0 aliphatic carbocycles. The maximum atomic E-state index is 9.21. The Morgan fingerprint density at radius 2 is 1.87 bits per heavy atom. The van der Waals surface area contributed by atoms with Gasteiger partial charge in [0.15, 0.2) is 0 Å². The van der Waals surface area contributed by atoms with Gasteiger partial charge in [0, 0.05) is 6.54 Å². The summed E-state index contributed by atoms with van der Waals surface area (Å²) in [7, 11) is 0. The molecule has 0 fully saturated rings. The molecule has 3 nitrogen and oxygen atoms in total. The monoisotopic (exact) mass is 209 g/mol. The van der Waals surface area contributed by atoms with E-state index in [2.05, 4.69) is 13.8 Å². The normalized spacial score (nSPS) is 12.9. The molecule has 0 bridgehead atoms. The zero-order chi connectivity index (χ0) is 11.3. The maximum absolute atomic E-state index is 9.21. The summed E-state index contributed by atoms with van der Waals surface area (Å²) in [6, 6.07) is 7.90. The average molecular weight is 209 g/mol. The summed E-state index contributed by atoms with van der Waals surface area (Å²) in [5, 5.41) is 9.21. The van der Waals surface area contributed by atoms with Crippen molar-refractivity contribution >= 4 is 0 Å². The molecule has 0 unspecified atom stereocenters. The van der Waals surface area contributed by atoms with E-state index in [4.69, 9.17) is 10.5 Å². The molecular weight excluding hydrogens is 190 g/mol. The van der Waals surface area contributed by atoms with Crippen molar-refractivity contribution in [2.75, 3.05) is 13.2 Å². The number of hydrogen-bond acceptors (Lipinski definition) is 3. The predicted molar refractivity (Wildman–Crippen MR) is 61.1 cm³/mol. The van der Waals surface area contributed by atoms with E-state index in [1.807, 2.05) is 24.3 Å². The molecule has 1 aromatic rings. The van der Waals surface area contributed by atoms with Crippen LogP contribution in [0.1, 0.15) is 25.3 Å². The smallest absolute Gasteiger partial charge is 0.119 e. The second kappa shape index (κ2) is 5.73. The number of hydrogen-bond donors (Lipinski definition) is 2. The fourth-order valence-corrected chi connectivity index (χ4v) is 1.21. The molecule has 0 aromatic heterocycles. The first-order valence-corrected chi connectivity index (χ1v) is 5.24. The first-order chi connectivity index (χ1) is 7.13. The van der Waals surface area contributed by atoms with E-state index >= 15 is 0 Å². The van der Waals surface area contributed by atoms with Crippen LogP contribution in [0, 0.1) is 0 Å². The van der Waals surface area contributed by atoms with Crippen LogP contribution in [0.2, 0.25) is 0 Å². The van der Waals surface area contributed by atoms with Crippen LogP contribution >= 0.6 is 0 Å². The van der Waals surface area contributed by atoms with Gasteiger partial charge < -0.3 is 15.6 Å². The van der Waals surface area contributed by atoms with Crippen molar-refractivity contribution in [3.8, 4) is 5.75 Å². The summed E-state index contributed by atoms with van der Waals surface area (Å²) >= 11 is 0. The lowest BCUT2D eigenvalue weighted by molar-refractivity contribution is 0.114. The molecule has 1 rings (SSSR count). The van der Waals surface area contributed by atoms with Crippen LogP contribution in [0.15, 0.2) is 24.3 Å². The highest BCUT2D eigenvalue weighted by molar-refractivity contribution is 5.28. The van der Waals surface area contributed by atoms with Crippen LogP contribution < -0.4 is 10.5 Å². The summed E-state index contributed by atoms with van der Waals surface area (Å²) in [5.41, 5.74) is 6.55. The van der Waals surface area contributed by atoms with Crippen molar-refractivity contribution in [3.63, 3.8) is 0 Å². The molecule has 1 atom stereocenters. The number of nitrogens with two attached hydrogens (primary N) is 1. The summed E-state index contributed by atoms with van der Waals surface area (Å²) in [5.74, 6) is 1.29. The third-order valence-electron chi connectivity index (χ3n) is 2.26. The first-order valence-electron chi connectivity index (χ1n) is 5.24. The van der Waals surface area contributed by atoms with Crippen LogP contribution in [0.5, 0.6) is 5.75 Å². The van der Waals surface area contributed by atoms with E-state index < -0.39 is 6.10 Å². The summed E-state index contributed by atoms with van der Waals surface area (Å²) in [6.45, 7) is 4.77. The Kier molecular flexibility index (Phi) is 4.59. The van der Waals surface area contributed by atoms with Gasteiger partial charge >= 0.3 is 0 Å². The highest BCUT2D eigenvalue weighted by Gasteiger charge is 2.03. The van der Waals surface area contributed by atoms with Crippen LogP contribution in [0.25, 0.3) is 0 Å². The van der Waals surface area contributed by atoms with Gasteiger partial charge in [-0.2, -0.15) is 0 Å². The van der Waals surface area contributed by atoms with Crippen molar-refractivity contribution < 1.29 is 9.84 Å². The number of aliphatic hydroxyl groups is 1. The Morgan fingerprint density at radius 1 is 1.27 bits per heavy atom. The lowest BCUT2D eigenvalue weighted by atomic mass is 10.0. The van der Waals surface area contributed by atoms with Crippen LogP contribution in [0.4, 0.5) is 0 Å². The van der Waals surface area contributed by atoms with Crippen molar-refractivity contribution in [2.24, 2.45) is 5.73 Å². The Labute approximate surface area is 90.9 Å². The molecule has 0 aliphatic heterocycles. The molecule has 0 heterocycles. The van der Waals surface area contributed by atoms with Gasteiger partial charge in [-0.3, -0.25) is 0 Å². The molecule has 0 saturated heterocycles. The molecule has 0 spiro atoms. The van der Waals surface area contributed by atoms with Crippen LogP contribution in [0.3, 0.4) is 0 Å². The fraction of sp³-hybridized carbons (Fsp3) is 0.500. The molecule has 3 heteroatoms. The van der Waals surface area contributed by atoms with Crippen molar-refractivity contribution in [3.05, 3.63) is 29.8 Å². The van der Waals surface area contributed by atoms with Crippen molar-refractivity contribution in [1.82, 2.24) is 0 Å². The van der Waals surface area contributed by atoms with E-state index in [1.165, 1.54) is 5.56 Å². The lowest BCUT2D eigenvalue weighted by Crippen LogP contribution is -2.26. The van der Waals surface area contributed by atoms with Crippen LogP contribution in [-0.2, 0) is 0 Å². The molecule has 1 aromatic carbocycles. The Bertz CT molecular complexity index is 282. The number of benzene rings is 1. The van der Waals surface area contributed by atoms with Crippen molar-refractivity contribution in [1.29, 1.82) is 0 Å². The molecule has 0 saturated carbocycles. The zero-order valence-corrected chi connectivity index (χ0v) is 9.31. The minimum Gasteiger partial charge on any atom is -0.491 e. The van der Waals surface area contributed by atoms with Gasteiger partial charge in [0.25, 0.3) is 0 Å². The Morgan fingerprint density at radius 3 is 2.33 bits per heavy atom. The molecule has 15 heavy (non-hydrogen) atoms. The highest BCUT2D eigenvalue weighted by Crippen LogP contribution is 2.18. The van der Waals surface area contributed by atoms with Gasteiger partial charge in [-0.25, -0.2) is 0 Å². The Hall–Kier alpha value is -1.06. The molecule has 3 N–H and O–H groups in total. The molecule has 0 amide bonds. The first kappa shape index (κ1) is 12.0. The molecule has 0 radical (unpaired) electrons. The summed E-state index contributed by atoms with van der Waals surface area (Å²) in [4.78, 5) is 0. The van der Waals surface area contributed by atoms with E-state index in [-0.39, 0.29) is 13.2 Å². The maximum Gasteiger partial charge on any atom is 0.119 e. The third kappa shape index (κ3) is 3.90. The number of ether oxygens (including phenoxy) is 1. The molecule has 0 aliphatic rings. The second-order valence-electron chi connectivity index (χ2n) is 3.92. The lowest BCUT2D eigenvalue weighted by Gasteiger charge is -2.11. The van der Waals surface area contributed by atoms with E-state index in [1.54, 1.807) is 0 Å². The molecular formula is C12H19NO2. The van der Waals surface area contributed by atoms with Crippen molar-refractivity contribution in [2.45, 2.75) is 25.9 Å². The van der Waals surface area contributed by atoms with Gasteiger partial charge in [-0.05, 0) is 23.6 Å². The van der Waals surface area contributed by atoms with Gasteiger partial charge in [0.1, 0.15) is 18.5 Å². The minimum atomic E-state index is -0.588. The van der Waals surface area contributed by atoms with Gasteiger partial charge in [-0.15, -0.1) is 0 Å². The quantitative estimate of drug-likeness (QED) is 0.772. The third-order valence-corrected chi connectivity index (χ3v) is 2.26. The fourth-order valence-electron chi connectivity index (χ4n) is 1.21. The van der Waals surface area contributed by atoms with Gasteiger partial charge in [0.2, 0.25) is 0 Å². The van der Waals surface area contributed by atoms with Gasteiger partial charge in [0.05, 0.1) is 0 Å².